The maximum absolute atomic E-state index is 11.1. The summed E-state index contributed by atoms with van der Waals surface area (Å²) in [5, 5.41) is 9.12. The Morgan fingerprint density at radius 1 is 1.26 bits per heavy atom. The van der Waals surface area contributed by atoms with Crippen LogP contribution in [0, 0.1) is 6.92 Å². The third-order valence-electron chi connectivity index (χ3n) is 4.22. The summed E-state index contributed by atoms with van der Waals surface area (Å²) in [6.45, 7) is 2.99. The molecule has 1 unspecified atom stereocenters. The Morgan fingerprint density at radius 2 is 2.09 bits per heavy atom. The van der Waals surface area contributed by atoms with Gasteiger partial charge in [0.15, 0.2) is 0 Å². The molecular weight excluding hydrogens is 292 g/mol. The molecule has 0 aliphatic carbocycles. The number of likely N-dealkylation sites (tertiary alicyclic amines) is 1. The molecule has 3 rings (SSSR count). The van der Waals surface area contributed by atoms with Crippen LogP contribution in [0.5, 0.6) is 0 Å². The Kier molecular flexibility index (Phi) is 4.34. The average Bonchev–Trinajstić information content (AvgIpc) is 2.55. The van der Waals surface area contributed by atoms with Gasteiger partial charge in [-0.25, -0.2) is 14.8 Å². The third-order valence-corrected chi connectivity index (χ3v) is 4.22. The summed E-state index contributed by atoms with van der Waals surface area (Å²) >= 11 is 0. The Balaban J connectivity index is 2.00. The van der Waals surface area contributed by atoms with E-state index in [2.05, 4.69) is 21.9 Å². The topological polar surface area (TPSA) is 79.2 Å². The van der Waals surface area contributed by atoms with Crippen LogP contribution in [0.3, 0.4) is 0 Å². The highest BCUT2D eigenvalue weighted by atomic mass is 16.4. The van der Waals surface area contributed by atoms with Crippen LogP contribution in [0.1, 0.15) is 47.2 Å². The molecule has 0 spiro atoms. The second kappa shape index (κ2) is 6.42. The molecule has 0 saturated carbocycles. The summed E-state index contributed by atoms with van der Waals surface area (Å²) in [6.07, 6.45) is 6.42. The van der Waals surface area contributed by atoms with Crippen LogP contribution in [0.15, 0.2) is 24.5 Å². The molecule has 1 saturated heterocycles. The summed E-state index contributed by atoms with van der Waals surface area (Å²) < 4.78 is 0. The minimum absolute atomic E-state index is 0.162. The Labute approximate surface area is 135 Å². The van der Waals surface area contributed by atoms with E-state index < -0.39 is 5.97 Å². The lowest BCUT2D eigenvalue weighted by atomic mass is 10.0. The molecule has 0 aromatic carbocycles. The minimum Gasteiger partial charge on any atom is -0.478 e. The van der Waals surface area contributed by atoms with Gasteiger partial charge in [0.2, 0.25) is 0 Å². The van der Waals surface area contributed by atoms with Gasteiger partial charge in [-0.05, 0) is 45.5 Å². The quantitative estimate of drug-likeness (QED) is 0.938. The molecule has 2 aromatic heterocycles. The maximum Gasteiger partial charge on any atom is 0.337 e. The van der Waals surface area contributed by atoms with E-state index in [0.717, 1.165) is 30.2 Å². The molecule has 1 aliphatic heterocycles. The van der Waals surface area contributed by atoms with Crippen molar-refractivity contribution in [2.24, 2.45) is 0 Å². The van der Waals surface area contributed by atoms with E-state index in [1.54, 1.807) is 12.3 Å². The zero-order chi connectivity index (χ0) is 16.4. The molecule has 6 nitrogen and oxygen atoms in total. The number of aryl methyl sites for hydroxylation is 1. The van der Waals surface area contributed by atoms with E-state index in [1.807, 2.05) is 13.0 Å². The van der Waals surface area contributed by atoms with E-state index in [9.17, 15) is 4.79 Å². The van der Waals surface area contributed by atoms with E-state index in [1.165, 1.54) is 19.0 Å². The van der Waals surface area contributed by atoms with Gasteiger partial charge < -0.3 is 5.11 Å². The Morgan fingerprint density at radius 3 is 2.83 bits per heavy atom. The molecule has 1 N–H and O–H groups in total. The summed E-state index contributed by atoms with van der Waals surface area (Å²) in [4.78, 5) is 26.7. The van der Waals surface area contributed by atoms with Crippen LogP contribution in [0.2, 0.25) is 0 Å². The predicted molar refractivity (Wildman–Crippen MR) is 86.2 cm³/mol. The first-order valence-electron chi connectivity index (χ1n) is 7.79. The third kappa shape index (κ3) is 3.37. The molecule has 2 aromatic rings. The molecule has 1 atom stereocenters. The van der Waals surface area contributed by atoms with E-state index in [0.29, 0.717) is 5.56 Å². The SMILES string of the molecule is Cc1cc(-c2cncc(C(=O)O)c2)nc(C2CCCCN2C)n1. The fourth-order valence-electron chi connectivity index (χ4n) is 2.99. The molecule has 0 bridgehead atoms. The lowest BCUT2D eigenvalue weighted by Crippen LogP contribution is -2.31. The maximum atomic E-state index is 11.1. The van der Waals surface area contributed by atoms with Crippen LogP contribution < -0.4 is 0 Å². The lowest BCUT2D eigenvalue weighted by molar-refractivity contribution is 0.0696. The van der Waals surface area contributed by atoms with E-state index in [-0.39, 0.29) is 11.6 Å². The zero-order valence-electron chi connectivity index (χ0n) is 13.4. The fourth-order valence-corrected chi connectivity index (χ4v) is 2.99. The Bertz CT molecular complexity index is 732. The molecule has 23 heavy (non-hydrogen) atoms. The fraction of sp³-hybridized carbons (Fsp3) is 0.412. The van der Waals surface area contributed by atoms with E-state index >= 15 is 0 Å². The first-order valence-corrected chi connectivity index (χ1v) is 7.79. The standard InChI is InChI=1S/C17H20N4O2/c1-11-7-14(12-8-13(17(22)23)10-18-9-12)20-16(19-11)15-5-3-4-6-21(15)2/h7-10,15H,3-6H2,1-2H3,(H,22,23). The van der Waals surface area contributed by atoms with Crippen molar-refractivity contribution in [2.45, 2.75) is 32.2 Å². The number of aromatic carboxylic acids is 1. The second-order valence-corrected chi connectivity index (χ2v) is 6.01. The number of hydrogen-bond acceptors (Lipinski definition) is 5. The van der Waals surface area contributed by atoms with Crippen LogP contribution >= 0.6 is 0 Å². The molecule has 6 heteroatoms. The van der Waals surface area contributed by atoms with Crippen LogP contribution in [-0.2, 0) is 0 Å². The van der Waals surface area contributed by atoms with Crippen LogP contribution in [0.25, 0.3) is 11.3 Å². The van der Waals surface area contributed by atoms with Gasteiger partial charge in [-0.15, -0.1) is 0 Å². The molecule has 0 radical (unpaired) electrons. The molecule has 3 heterocycles. The average molecular weight is 312 g/mol. The number of pyridine rings is 1. The van der Waals surface area contributed by atoms with Crippen molar-refractivity contribution in [2.75, 3.05) is 13.6 Å². The lowest BCUT2D eigenvalue weighted by Gasteiger charge is -2.31. The van der Waals surface area contributed by atoms with Gasteiger partial charge in [0.25, 0.3) is 0 Å². The number of carboxylic acid groups (broad SMARTS) is 1. The number of carboxylic acids is 1. The van der Waals surface area contributed by atoms with Gasteiger partial charge in [-0.1, -0.05) is 6.42 Å². The first kappa shape index (κ1) is 15.6. The molecular formula is C17H20N4O2. The van der Waals surface area contributed by atoms with Crippen LogP contribution in [0.4, 0.5) is 0 Å². The zero-order valence-corrected chi connectivity index (χ0v) is 13.4. The van der Waals surface area contributed by atoms with Crippen molar-refractivity contribution in [3.8, 4) is 11.3 Å². The molecule has 1 aliphatic rings. The largest absolute Gasteiger partial charge is 0.478 e. The molecule has 0 amide bonds. The first-order chi connectivity index (χ1) is 11.0. The van der Waals surface area contributed by atoms with Crippen molar-refractivity contribution in [3.63, 3.8) is 0 Å². The van der Waals surface area contributed by atoms with E-state index in [4.69, 9.17) is 10.1 Å². The summed E-state index contributed by atoms with van der Waals surface area (Å²) in [5.74, 6) is -0.180. The highest BCUT2D eigenvalue weighted by Gasteiger charge is 2.24. The second-order valence-electron chi connectivity index (χ2n) is 6.01. The number of hydrogen-bond donors (Lipinski definition) is 1. The molecule has 120 valence electrons. The van der Waals surface area contributed by atoms with Crippen molar-refractivity contribution in [1.82, 2.24) is 19.9 Å². The highest BCUT2D eigenvalue weighted by molar-refractivity contribution is 5.88. The number of carbonyl (C=O) groups is 1. The Hall–Kier alpha value is -2.34. The van der Waals surface area contributed by atoms with Gasteiger partial charge in [-0.2, -0.15) is 0 Å². The summed E-state index contributed by atoms with van der Waals surface area (Å²) in [6, 6.07) is 3.69. The van der Waals surface area contributed by atoms with Gasteiger partial charge >= 0.3 is 5.97 Å². The van der Waals surface area contributed by atoms with Gasteiger partial charge in [0, 0.05) is 23.7 Å². The number of nitrogens with zero attached hydrogens (tertiary/aromatic N) is 4. The highest BCUT2D eigenvalue weighted by Crippen LogP contribution is 2.29. The number of rotatable bonds is 3. The van der Waals surface area contributed by atoms with Crippen molar-refractivity contribution < 1.29 is 9.90 Å². The monoisotopic (exact) mass is 312 g/mol. The number of piperidine rings is 1. The summed E-state index contributed by atoms with van der Waals surface area (Å²) in [5.41, 5.74) is 2.47. The molecule has 1 fully saturated rings. The van der Waals surface area contributed by atoms with Crippen LogP contribution in [-0.4, -0.2) is 44.5 Å². The predicted octanol–water partition coefficient (Wildman–Crippen LogP) is 2.70. The van der Waals surface area contributed by atoms with Gasteiger partial charge in [0.05, 0.1) is 17.3 Å². The smallest absolute Gasteiger partial charge is 0.337 e. The van der Waals surface area contributed by atoms with Gasteiger partial charge in [-0.3, -0.25) is 9.88 Å². The summed E-state index contributed by atoms with van der Waals surface area (Å²) in [7, 11) is 2.10. The van der Waals surface area contributed by atoms with Crippen molar-refractivity contribution in [3.05, 3.63) is 41.6 Å². The number of aromatic nitrogens is 3. The van der Waals surface area contributed by atoms with Crippen molar-refractivity contribution in [1.29, 1.82) is 0 Å². The van der Waals surface area contributed by atoms with Gasteiger partial charge in [0.1, 0.15) is 5.82 Å². The normalized spacial score (nSPS) is 18.8. The van der Waals surface area contributed by atoms with Crippen molar-refractivity contribution >= 4 is 5.97 Å². The minimum atomic E-state index is -0.989.